The lowest BCUT2D eigenvalue weighted by Gasteiger charge is -2.24. The van der Waals surface area contributed by atoms with Crippen LogP contribution in [0.25, 0.3) is 0 Å². The predicted molar refractivity (Wildman–Crippen MR) is 61.1 cm³/mol. The second-order valence-corrected chi connectivity index (χ2v) is 8.37. The third kappa shape index (κ3) is 0.556. The molecule has 2 heteroatoms. The number of Topliss-reactive ketones (excluding diaryl/α,β-unsaturated/α-hetero) is 2. The molecule has 2 nitrogen and oxygen atoms in total. The molecule has 0 heterocycles. The Morgan fingerprint density at radius 1 is 0.556 bits per heavy atom. The summed E-state index contributed by atoms with van der Waals surface area (Å²) < 4.78 is 0. The van der Waals surface area contributed by atoms with E-state index >= 15 is 0 Å². The van der Waals surface area contributed by atoms with E-state index in [2.05, 4.69) is 0 Å². The molecule has 4 unspecified atom stereocenters. The Labute approximate surface area is 105 Å². The van der Waals surface area contributed by atoms with Crippen LogP contribution < -0.4 is 0 Å². The highest BCUT2D eigenvalue weighted by Crippen LogP contribution is 2.86. The molecule has 8 saturated carbocycles. The Morgan fingerprint density at radius 2 is 0.889 bits per heavy atom. The van der Waals surface area contributed by atoms with Crippen molar-refractivity contribution >= 4 is 11.6 Å². The van der Waals surface area contributed by atoms with Crippen molar-refractivity contribution in [2.75, 3.05) is 0 Å². The normalized spacial score (nSPS) is 78.9. The molecular weight excluding hydrogens is 224 g/mol. The number of hydrogen-bond donors (Lipinski definition) is 0. The second kappa shape index (κ2) is 2.05. The minimum atomic E-state index is 0.100. The molecule has 8 aliphatic rings. The van der Waals surface area contributed by atoms with E-state index < -0.39 is 0 Å². The van der Waals surface area contributed by atoms with E-state index in [1.165, 1.54) is 12.8 Å². The fraction of sp³-hybridized carbons (Fsp3) is 0.875. The zero-order chi connectivity index (χ0) is 11.5. The Kier molecular flexibility index (Phi) is 0.967. The van der Waals surface area contributed by atoms with Crippen molar-refractivity contribution in [2.24, 2.45) is 71.0 Å². The Balaban J connectivity index is 1.61. The lowest BCUT2D eigenvalue weighted by Crippen LogP contribution is -2.37. The van der Waals surface area contributed by atoms with Crippen molar-refractivity contribution in [3.05, 3.63) is 0 Å². The summed E-state index contributed by atoms with van der Waals surface area (Å²) in [5.41, 5.74) is 0. The summed E-state index contributed by atoms with van der Waals surface area (Å²) in [6.07, 6.45) is 2.72. The van der Waals surface area contributed by atoms with E-state index in [0.717, 1.165) is 35.5 Å². The van der Waals surface area contributed by atoms with Gasteiger partial charge in [-0.15, -0.1) is 0 Å². The topological polar surface area (TPSA) is 34.1 Å². The summed E-state index contributed by atoms with van der Waals surface area (Å²) in [5, 5.41) is 0. The average Bonchev–Trinajstić information content (AvgIpc) is 3.19. The minimum Gasteiger partial charge on any atom is -0.291 e. The molecule has 92 valence electrons. The fourth-order valence-corrected chi connectivity index (χ4v) is 8.49. The number of hydrogen-bond acceptors (Lipinski definition) is 2. The van der Waals surface area contributed by atoms with Gasteiger partial charge in [0.25, 0.3) is 0 Å². The zero-order valence-corrected chi connectivity index (χ0v) is 10.2. The summed E-state index contributed by atoms with van der Waals surface area (Å²) in [5.74, 6) is 8.41. The summed E-state index contributed by atoms with van der Waals surface area (Å²) >= 11 is 0. The second-order valence-electron chi connectivity index (χ2n) is 8.37. The van der Waals surface area contributed by atoms with Crippen molar-refractivity contribution in [1.29, 1.82) is 0 Å². The van der Waals surface area contributed by atoms with E-state index in [4.69, 9.17) is 0 Å². The maximum atomic E-state index is 12.6. The fourth-order valence-electron chi connectivity index (χ4n) is 8.49. The Morgan fingerprint density at radius 3 is 1.22 bits per heavy atom. The standard InChI is InChI=1S/C16H16O2/c17-15-13-7-3-1-4(3)8-11(7)12-9(13)5-2-6(5)10(12)14(8)16(15)18/h3-14H,1-2H2/t3-,4+,5+,6-,7-,8-,9-,10+,11?,12?,13?,14?/m0/s1. The first-order valence-electron chi connectivity index (χ1n) is 7.87. The molecule has 8 bridgehead atoms. The first kappa shape index (κ1) is 8.50. The molecule has 0 radical (unpaired) electrons. The number of ketones is 2. The molecule has 12 atom stereocenters. The highest BCUT2D eigenvalue weighted by atomic mass is 16.2. The van der Waals surface area contributed by atoms with Gasteiger partial charge in [0.15, 0.2) is 0 Å². The Bertz CT molecular complexity index is 483. The largest absolute Gasteiger partial charge is 0.291 e. The van der Waals surface area contributed by atoms with E-state index in [9.17, 15) is 9.59 Å². The molecule has 0 aliphatic heterocycles. The van der Waals surface area contributed by atoms with Crippen molar-refractivity contribution in [3.63, 3.8) is 0 Å². The van der Waals surface area contributed by atoms with Crippen molar-refractivity contribution in [1.82, 2.24) is 0 Å². The number of carbonyl (C=O) groups is 2. The van der Waals surface area contributed by atoms with Gasteiger partial charge in [-0.2, -0.15) is 0 Å². The van der Waals surface area contributed by atoms with Gasteiger partial charge in [-0.05, 0) is 72.0 Å². The van der Waals surface area contributed by atoms with Gasteiger partial charge in [-0.3, -0.25) is 9.59 Å². The van der Waals surface area contributed by atoms with E-state index in [1.807, 2.05) is 0 Å². The molecule has 0 amide bonds. The maximum Gasteiger partial charge on any atom is 0.202 e. The predicted octanol–water partition coefficient (Wildman–Crippen LogP) is 1.39. The van der Waals surface area contributed by atoms with Gasteiger partial charge in [0.2, 0.25) is 11.6 Å². The van der Waals surface area contributed by atoms with E-state index in [0.29, 0.717) is 23.7 Å². The molecule has 8 aliphatic carbocycles. The molecule has 0 saturated heterocycles. The van der Waals surface area contributed by atoms with Crippen LogP contribution in [0.3, 0.4) is 0 Å². The van der Waals surface area contributed by atoms with Crippen LogP contribution >= 0.6 is 0 Å². The highest BCUT2D eigenvalue weighted by Gasteiger charge is 2.85. The molecule has 0 aromatic rings. The molecule has 0 N–H and O–H groups in total. The number of fused-ring (bicyclic) bond motifs is 3. The van der Waals surface area contributed by atoms with Crippen LogP contribution in [0.5, 0.6) is 0 Å². The molecule has 0 spiro atoms. The van der Waals surface area contributed by atoms with Gasteiger partial charge < -0.3 is 0 Å². The van der Waals surface area contributed by atoms with Gasteiger partial charge in [0, 0.05) is 11.8 Å². The molecule has 8 fully saturated rings. The van der Waals surface area contributed by atoms with Crippen LogP contribution in [0.15, 0.2) is 0 Å². The first-order valence-corrected chi connectivity index (χ1v) is 7.87. The molecule has 8 rings (SSSR count). The first-order chi connectivity index (χ1) is 8.79. The minimum absolute atomic E-state index is 0.100. The molecule has 0 aromatic heterocycles. The van der Waals surface area contributed by atoms with Crippen molar-refractivity contribution in [3.8, 4) is 0 Å². The quantitative estimate of drug-likeness (QED) is 0.600. The van der Waals surface area contributed by atoms with Gasteiger partial charge >= 0.3 is 0 Å². The summed E-state index contributed by atoms with van der Waals surface area (Å²) in [6.45, 7) is 0. The Hall–Kier alpha value is -0.660. The van der Waals surface area contributed by atoms with Crippen molar-refractivity contribution in [2.45, 2.75) is 12.8 Å². The van der Waals surface area contributed by atoms with Gasteiger partial charge in [-0.1, -0.05) is 0 Å². The van der Waals surface area contributed by atoms with Gasteiger partial charge in [0.1, 0.15) is 0 Å². The SMILES string of the molecule is O=C1C(=O)C2[C@@H]3C4C5[C@H](C1[C@H]4[C@@H]1C[C@H]31)[C@H]1C[C@H]1[C@H]25. The summed E-state index contributed by atoms with van der Waals surface area (Å²) in [7, 11) is 0. The summed E-state index contributed by atoms with van der Waals surface area (Å²) in [4.78, 5) is 25.2. The van der Waals surface area contributed by atoms with E-state index in [-0.39, 0.29) is 23.4 Å². The van der Waals surface area contributed by atoms with Crippen LogP contribution in [0.4, 0.5) is 0 Å². The van der Waals surface area contributed by atoms with Crippen LogP contribution in [-0.4, -0.2) is 11.6 Å². The van der Waals surface area contributed by atoms with Crippen molar-refractivity contribution < 1.29 is 9.59 Å². The van der Waals surface area contributed by atoms with Gasteiger partial charge in [0.05, 0.1) is 0 Å². The van der Waals surface area contributed by atoms with Crippen LogP contribution in [-0.2, 0) is 9.59 Å². The van der Waals surface area contributed by atoms with Gasteiger partial charge in [-0.25, -0.2) is 0 Å². The third-order valence-corrected chi connectivity index (χ3v) is 8.49. The maximum absolute atomic E-state index is 12.6. The van der Waals surface area contributed by atoms with E-state index in [1.54, 1.807) is 0 Å². The average molecular weight is 240 g/mol. The number of rotatable bonds is 0. The third-order valence-electron chi connectivity index (χ3n) is 8.49. The number of carbonyl (C=O) groups excluding carboxylic acids is 2. The summed E-state index contributed by atoms with van der Waals surface area (Å²) in [6, 6.07) is 0. The molecule has 0 aromatic carbocycles. The lowest BCUT2D eigenvalue weighted by atomic mass is 9.77. The lowest BCUT2D eigenvalue weighted by molar-refractivity contribution is -0.143. The highest BCUT2D eigenvalue weighted by molar-refractivity contribution is 6.39. The smallest absolute Gasteiger partial charge is 0.202 e. The van der Waals surface area contributed by atoms with Crippen LogP contribution in [0.1, 0.15) is 12.8 Å². The molecular formula is C16H16O2. The zero-order valence-electron chi connectivity index (χ0n) is 10.2. The van der Waals surface area contributed by atoms with Crippen LogP contribution in [0.2, 0.25) is 0 Å². The monoisotopic (exact) mass is 240 g/mol. The molecule has 18 heavy (non-hydrogen) atoms. The van der Waals surface area contributed by atoms with Crippen LogP contribution in [0, 0.1) is 71.0 Å².